The van der Waals surface area contributed by atoms with Crippen LogP contribution in [0.3, 0.4) is 0 Å². The van der Waals surface area contributed by atoms with Crippen molar-refractivity contribution in [3.05, 3.63) is 30.2 Å². The number of hydrogen-bond donors (Lipinski definition) is 2. The number of aliphatic carboxylic acids is 1. The molecular formula is C17H23N3O5. The number of rotatable bonds is 10. The zero-order valence-electron chi connectivity index (χ0n) is 14.4. The summed E-state index contributed by atoms with van der Waals surface area (Å²) >= 11 is 0. The van der Waals surface area contributed by atoms with E-state index in [2.05, 4.69) is 10.2 Å². The zero-order chi connectivity index (χ0) is 18.2. The number of hydrogen-bond acceptors (Lipinski definition) is 5. The molecule has 8 heteroatoms. The summed E-state index contributed by atoms with van der Waals surface area (Å²) in [6, 6.07) is 5.10. The van der Waals surface area contributed by atoms with Gasteiger partial charge >= 0.3 is 5.97 Å². The van der Waals surface area contributed by atoms with Gasteiger partial charge < -0.3 is 19.2 Å². The third-order valence-electron chi connectivity index (χ3n) is 3.71. The highest BCUT2D eigenvalue weighted by molar-refractivity contribution is 5.93. The molecule has 136 valence electrons. The molecule has 0 bridgehead atoms. The second kappa shape index (κ2) is 9.03. The topological polar surface area (TPSA) is 109 Å². The highest BCUT2D eigenvalue weighted by Gasteiger charge is 2.23. The molecular weight excluding hydrogens is 326 g/mol. The number of H-pyrrole nitrogens is 1. The Morgan fingerprint density at radius 1 is 1.48 bits per heavy atom. The first-order valence-corrected chi connectivity index (χ1v) is 8.22. The monoisotopic (exact) mass is 349 g/mol. The smallest absolute Gasteiger partial charge is 0.308 e. The van der Waals surface area contributed by atoms with Crippen LogP contribution in [0.2, 0.25) is 0 Å². The Morgan fingerprint density at radius 3 is 2.92 bits per heavy atom. The largest absolute Gasteiger partial charge is 0.481 e. The Hall–Kier alpha value is -2.61. The number of aromatic nitrogens is 2. The summed E-state index contributed by atoms with van der Waals surface area (Å²) in [6.45, 7) is 5.10. The number of aromatic amines is 1. The van der Waals surface area contributed by atoms with Crippen molar-refractivity contribution in [2.24, 2.45) is 5.92 Å². The molecule has 2 aromatic heterocycles. The number of carbonyl (C=O) groups excluding carboxylic acids is 1. The Bertz CT molecular complexity index is 680. The van der Waals surface area contributed by atoms with Crippen LogP contribution in [0.15, 0.2) is 28.9 Å². The average molecular weight is 349 g/mol. The first-order chi connectivity index (χ1) is 12.0. The van der Waals surface area contributed by atoms with Gasteiger partial charge in [-0.15, -0.1) is 0 Å². The number of furan rings is 1. The molecule has 1 atom stereocenters. The fraction of sp³-hybridized carbons (Fsp3) is 0.471. The van der Waals surface area contributed by atoms with Crippen molar-refractivity contribution in [2.45, 2.75) is 20.3 Å². The number of carbonyl (C=O) groups is 2. The van der Waals surface area contributed by atoms with Gasteiger partial charge in [0.1, 0.15) is 5.69 Å². The second-order valence-corrected chi connectivity index (χ2v) is 5.69. The van der Waals surface area contributed by atoms with Gasteiger partial charge in [-0.25, -0.2) is 0 Å². The standard InChI is InChI=1S/C17H23N3O5/c1-3-24-8-5-7-20(11-12(2)17(22)23)16(21)14-10-13(18-19-14)15-6-4-9-25-15/h4,6,9-10,12H,3,5,7-8,11H2,1-2H3,(H,18,19)(H,22,23). The highest BCUT2D eigenvalue weighted by atomic mass is 16.5. The molecule has 0 saturated carbocycles. The van der Waals surface area contributed by atoms with Crippen molar-refractivity contribution in [3.63, 3.8) is 0 Å². The molecule has 2 aromatic rings. The molecule has 0 spiro atoms. The molecule has 25 heavy (non-hydrogen) atoms. The van der Waals surface area contributed by atoms with E-state index in [4.69, 9.17) is 14.3 Å². The van der Waals surface area contributed by atoms with Crippen molar-refractivity contribution in [1.29, 1.82) is 0 Å². The number of nitrogens with one attached hydrogen (secondary N) is 1. The number of carboxylic acid groups (broad SMARTS) is 1. The highest BCUT2D eigenvalue weighted by Crippen LogP contribution is 2.19. The Labute approximate surface area is 145 Å². The molecule has 8 nitrogen and oxygen atoms in total. The molecule has 0 aliphatic carbocycles. The Balaban J connectivity index is 2.08. The summed E-state index contributed by atoms with van der Waals surface area (Å²) in [5.41, 5.74) is 0.814. The van der Waals surface area contributed by atoms with E-state index in [1.54, 1.807) is 25.1 Å². The maximum Gasteiger partial charge on any atom is 0.308 e. The third-order valence-corrected chi connectivity index (χ3v) is 3.71. The van der Waals surface area contributed by atoms with Gasteiger partial charge in [-0.05, 0) is 25.5 Å². The van der Waals surface area contributed by atoms with E-state index in [9.17, 15) is 9.59 Å². The summed E-state index contributed by atoms with van der Waals surface area (Å²) < 4.78 is 10.6. The minimum absolute atomic E-state index is 0.114. The molecule has 2 heterocycles. The molecule has 0 aromatic carbocycles. The van der Waals surface area contributed by atoms with Crippen LogP contribution in [0.4, 0.5) is 0 Å². The van der Waals surface area contributed by atoms with Gasteiger partial charge in [0.25, 0.3) is 5.91 Å². The van der Waals surface area contributed by atoms with E-state index >= 15 is 0 Å². The summed E-state index contributed by atoms with van der Waals surface area (Å²) in [4.78, 5) is 25.4. The predicted molar refractivity (Wildman–Crippen MR) is 90.1 cm³/mol. The van der Waals surface area contributed by atoms with Crippen LogP contribution in [0.5, 0.6) is 0 Å². The molecule has 0 fully saturated rings. The van der Waals surface area contributed by atoms with E-state index in [-0.39, 0.29) is 18.1 Å². The fourth-order valence-electron chi connectivity index (χ4n) is 2.34. The predicted octanol–water partition coefficient (Wildman–Crippen LogP) is 2.26. The van der Waals surface area contributed by atoms with Crippen LogP contribution >= 0.6 is 0 Å². The number of ether oxygens (including phenoxy) is 1. The lowest BCUT2D eigenvalue weighted by Crippen LogP contribution is -2.38. The molecule has 2 N–H and O–H groups in total. The van der Waals surface area contributed by atoms with Crippen molar-refractivity contribution < 1.29 is 23.8 Å². The first kappa shape index (κ1) is 18.7. The van der Waals surface area contributed by atoms with Gasteiger partial charge in [0.2, 0.25) is 0 Å². The Kier molecular flexibility index (Phi) is 6.76. The lowest BCUT2D eigenvalue weighted by molar-refractivity contribution is -0.141. The van der Waals surface area contributed by atoms with E-state index in [0.29, 0.717) is 37.6 Å². The fourth-order valence-corrected chi connectivity index (χ4v) is 2.34. The van der Waals surface area contributed by atoms with Crippen LogP contribution in [-0.4, -0.2) is 58.4 Å². The summed E-state index contributed by atoms with van der Waals surface area (Å²) in [6.07, 6.45) is 2.16. The van der Waals surface area contributed by atoms with Crippen LogP contribution < -0.4 is 0 Å². The summed E-state index contributed by atoms with van der Waals surface area (Å²) in [5, 5.41) is 15.9. The molecule has 1 unspecified atom stereocenters. The molecule has 0 saturated heterocycles. The zero-order valence-corrected chi connectivity index (χ0v) is 14.4. The maximum atomic E-state index is 12.7. The maximum absolute atomic E-state index is 12.7. The lowest BCUT2D eigenvalue weighted by Gasteiger charge is -2.23. The van der Waals surface area contributed by atoms with Gasteiger partial charge in [-0.2, -0.15) is 5.10 Å². The number of carboxylic acids is 1. The number of amides is 1. The lowest BCUT2D eigenvalue weighted by atomic mass is 10.1. The Morgan fingerprint density at radius 2 is 2.28 bits per heavy atom. The van der Waals surface area contributed by atoms with Crippen LogP contribution in [0, 0.1) is 5.92 Å². The normalized spacial score (nSPS) is 12.1. The van der Waals surface area contributed by atoms with E-state index < -0.39 is 11.9 Å². The van der Waals surface area contributed by atoms with Gasteiger partial charge in [0.05, 0.1) is 12.2 Å². The van der Waals surface area contributed by atoms with Crippen molar-refractivity contribution in [2.75, 3.05) is 26.3 Å². The molecule has 0 aliphatic rings. The quantitative estimate of drug-likeness (QED) is 0.637. The molecule has 0 aliphatic heterocycles. The second-order valence-electron chi connectivity index (χ2n) is 5.69. The van der Waals surface area contributed by atoms with E-state index in [1.165, 1.54) is 11.2 Å². The van der Waals surface area contributed by atoms with Crippen molar-refractivity contribution in [3.8, 4) is 11.5 Å². The SMILES string of the molecule is CCOCCCN(CC(C)C(=O)O)C(=O)c1cc(-c2ccco2)[nH]n1. The van der Waals surface area contributed by atoms with Crippen LogP contribution in [0.25, 0.3) is 11.5 Å². The van der Waals surface area contributed by atoms with E-state index in [1.807, 2.05) is 6.92 Å². The van der Waals surface area contributed by atoms with Crippen LogP contribution in [-0.2, 0) is 9.53 Å². The molecule has 1 amide bonds. The molecule has 2 rings (SSSR count). The minimum atomic E-state index is -0.944. The summed E-state index contributed by atoms with van der Waals surface area (Å²) in [7, 11) is 0. The van der Waals surface area contributed by atoms with Crippen molar-refractivity contribution in [1.82, 2.24) is 15.1 Å². The van der Waals surface area contributed by atoms with Gasteiger partial charge in [-0.1, -0.05) is 6.92 Å². The minimum Gasteiger partial charge on any atom is -0.481 e. The van der Waals surface area contributed by atoms with Crippen molar-refractivity contribution >= 4 is 11.9 Å². The van der Waals surface area contributed by atoms with Gasteiger partial charge in [-0.3, -0.25) is 14.7 Å². The molecule has 0 radical (unpaired) electrons. The van der Waals surface area contributed by atoms with E-state index in [0.717, 1.165) is 0 Å². The first-order valence-electron chi connectivity index (χ1n) is 8.22. The summed E-state index contributed by atoms with van der Waals surface area (Å²) in [5.74, 6) is -1.35. The average Bonchev–Trinajstić information content (AvgIpc) is 3.27. The third kappa shape index (κ3) is 5.18. The van der Waals surface area contributed by atoms with Gasteiger partial charge in [0, 0.05) is 32.4 Å². The van der Waals surface area contributed by atoms with Crippen LogP contribution in [0.1, 0.15) is 30.8 Å². The van der Waals surface area contributed by atoms with Gasteiger partial charge in [0.15, 0.2) is 11.5 Å². The number of nitrogens with zero attached hydrogens (tertiary/aromatic N) is 2.